The maximum absolute atomic E-state index is 5.73. The van der Waals surface area contributed by atoms with E-state index < -0.39 is 0 Å². The highest BCUT2D eigenvalue weighted by Crippen LogP contribution is 2.20. The molecule has 0 aliphatic heterocycles. The summed E-state index contributed by atoms with van der Waals surface area (Å²) in [6.45, 7) is 3.52. The number of anilines is 2. The zero-order chi connectivity index (χ0) is 13.9. The molecule has 20 heavy (non-hydrogen) atoms. The Morgan fingerprint density at radius 3 is 2.90 bits per heavy atom. The van der Waals surface area contributed by atoms with Crippen LogP contribution in [0, 0.1) is 6.92 Å². The van der Waals surface area contributed by atoms with E-state index >= 15 is 0 Å². The van der Waals surface area contributed by atoms with Crippen molar-refractivity contribution in [2.45, 2.75) is 13.5 Å². The van der Waals surface area contributed by atoms with Crippen molar-refractivity contribution >= 4 is 22.7 Å². The molecule has 0 bridgehead atoms. The van der Waals surface area contributed by atoms with Crippen LogP contribution in [0.1, 0.15) is 5.56 Å². The minimum atomic E-state index is 0.279. The Bertz CT molecular complexity index is 733. The molecule has 0 spiro atoms. The van der Waals surface area contributed by atoms with Gasteiger partial charge in [0.2, 0.25) is 5.95 Å². The first-order valence-corrected chi connectivity index (χ1v) is 6.47. The summed E-state index contributed by atoms with van der Waals surface area (Å²) in [7, 11) is 0. The summed E-state index contributed by atoms with van der Waals surface area (Å²) >= 11 is 0. The molecule has 1 aromatic carbocycles. The molecular weight excluding hydrogens is 252 g/mol. The second kappa shape index (κ2) is 5.16. The van der Waals surface area contributed by atoms with Crippen molar-refractivity contribution in [2.24, 2.45) is 0 Å². The van der Waals surface area contributed by atoms with Crippen LogP contribution in [0.4, 0.5) is 11.8 Å². The molecule has 0 aliphatic carbocycles. The molecule has 3 N–H and O–H groups in total. The predicted molar refractivity (Wildman–Crippen MR) is 79.4 cm³/mol. The molecule has 3 aromatic rings. The van der Waals surface area contributed by atoms with Gasteiger partial charge in [-0.3, -0.25) is 4.68 Å². The molecule has 3 rings (SSSR count). The van der Waals surface area contributed by atoms with Crippen molar-refractivity contribution in [3.05, 3.63) is 42.2 Å². The summed E-state index contributed by atoms with van der Waals surface area (Å²) in [4.78, 5) is 8.48. The third kappa shape index (κ3) is 2.54. The van der Waals surface area contributed by atoms with Gasteiger partial charge in [0.05, 0.1) is 18.3 Å². The molecule has 102 valence electrons. The number of fused-ring (bicyclic) bond motifs is 1. The van der Waals surface area contributed by atoms with Gasteiger partial charge < -0.3 is 11.1 Å². The Kier molecular flexibility index (Phi) is 3.20. The van der Waals surface area contributed by atoms with Crippen LogP contribution in [0.15, 0.2) is 36.7 Å². The molecule has 6 nitrogen and oxygen atoms in total. The lowest BCUT2D eigenvalue weighted by molar-refractivity contribution is 0.637. The maximum Gasteiger partial charge on any atom is 0.222 e. The predicted octanol–water partition coefficient (Wildman–Crippen LogP) is 1.83. The van der Waals surface area contributed by atoms with Gasteiger partial charge in [-0.15, -0.1) is 0 Å². The lowest BCUT2D eigenvalue weighted by atomic mass is 10.2. The Morgan fingerprint density at radius 1 is 1.25 bits per heavy atom. The molecule has 2 heterocycles. The fraction of sp³-hybridized carbons (Fsp3) is 0.214. The number of hydrogen-bond acceptors (Lipinski definition) is 5. The molecule has 6 heteroatoms. The van der Waals surface area contributed by atoms with Crippen molar-refractivity contribution < 1.29 is 0 Å². The van der Waals surface area contributed by atoms with Crippen LogP contribution in [0.5, 0.6) is 0 Å². The largest absolute Gasteiger partial charge is 0.368 e. The number of nitrogens with two attached hydrogens (primary N) is 1. The van der Waals surface area contributed by atoms with Crippen LogP contribution in [0.2, 0.25) is 0 Å². The third-order valence-electron chi connectivity index (χ3n) is 3.02. The van der Waals surface area contributed by atoms with Crippen molar-refractivity contribution in [3.63, 3.8) is 0 Å². The summed E-state index contributed by atoms with van der Waals surface area (Å²) in [5.74, 6) is 1.04. The lowest BCUT2D eigenvalue weighted by Gasteiger charge is -2.09. The number of hydrogen-bond donors (Lipinski definition) is 2. The number of benzene rings is 1. The number of aromatic nitrogens is 4. The number of para-hydroxylation sites is 1. The SMILES string of the molecule is Cc1cnn(CCNc2nc(N)nc3ccccc23)c1. The van der Waals surface area contributed by atoms with Gasteiger partial charge in [0.1, 0.15) is 5.82 Å². The molecule has 0 unspecified atom stereocenters. The van der Waals surface area contributed by atoms with Gasteiger partial charge in [-0.2, -0.15) is 10.1 Å². The van der Waals surface area contributed by atoms with Crippen LogP contribution in [-0.2, 0) is 6.54 Å². The molecule has 2 aromatic heterocycles. The Balaban J connectivity index is 1.77. The van der Waals surface area contributed by atoms with Crippen molar-refractivity contribution in [3.8, 4) is 0 Å². The zero-order valence-electron chi connectivity index (χ0n) is 11.2. The number of nitrogen functional groups attached to an aromatic ring is 1. The van der Waals surface area contributed by atoms with E-state index in [-0.39, 0.29) is 5.95 Å². The highest BCUT2D eigenvalue weighted by molar-refractivity contribution is 5.89. The van der Waals surface area contributed by atoms with Crippen LogP contribution >= 0.6 is 0 Å². The maximum atomic E-state index is 5.73. The van der Waals surface area contributed by atoms with E-state index in [1.165, 1.54) is 0 Å². The minimum absolute atomic E-state index is 0.279. The second-order valence-corrected chi connectivity index (χ2v) is 4.66. The minimum Gasteiger partial charge on any atom is -0.368 e. The standard InChI is InChI=1S/C14H16N6/c1-10-8-17-20(9-10)7-6-16-13-11-4-2-3-5-12(11)18-14(15)19-13/h2-5,8-9H,6-7H2,1H3,(H3,15,16,18,19). The number of nitrogens with one attached hydrogen (secondary N) is 1. The van der Waals surface area contributed by atoms with Crippen LogP contribution in [0.25, 0.3) is 10.9 Å². The molecule has 0 saturated heterocycles. The van der Waals surface area contributed by atoms with Crippen LogP contribution < -0.4 is 11.1 Å². The first-order chi connectivity index (χ1) is 9.72. The second-order valence-electron chi connectivity index (χ2n) is 4.66. The fourth-order valence-electron chi connectivity index (χ4n) is 2.11. The molecule has 0 saturated carbocycles. The van der Waals surface area contributed by atoms with E-state index in [2.05, 4.69) is 20.4 Å². The topological polar surface area (TPSA) is 81.7 Å². The summed E-state index contributed by atoms with van der Waals surface area (Å²) in [5.41, 5.74) is 7.73. The fourth-order valence-corrected chi connectivity index (χ4v) is 2.11. The van der Waals surface area contributed by atoms with Gasteiger partial charge in [0.15, 0.2) is 0 Å². The highest BCUT2D eigenvalue weighted by atomic mass is 15.3. The van der Waals surface area contributed by atoms with Crippen molar-refractivity contribution in [1.82, 2.24) is 19.7 Å². The smallest absolute Gasteiger partial charge is 0.222 e. The van der Waals surface area contributed by atoms with Gasteiger partial charge in [0, 0.05) is 18.1 Å². The Labute approximate surface area is 116 Å². The van der Waals surface area contributed by atoms with E-state index in [9.17, 15) is 0 Å². The van der Waals surface area contributed by atoms with E-state index in [0.29, 0.717) is 0 Å². The van der Waals surface area contributed by atoms with Gasteiger partial charge in [-0.1, -0.05) is 12.1 Å². The normalized spacial score (nSPS) is 10.8. The van der Waals surface area contributed by atoms with Gasteiger partial charge in [0.25, 0.3) is 0 Å². The summed E-state index contributed by atoms with van der Waals surface area (Å²) < 4.78 is 1.90. The summed E-state index contributed by atoms with van der Waals surface area (Å²) in [5, 5.41) is 8.51. The zero-order valence-corrected chi connectivity index (χ0v) is 11.2. The molecule has 0 amide bonds. The quantitative estimate of drug-likeness (QED) is 0.754. The van der Waals surface area contributed by atoms with E-state index in [4.69, 9.17) is 5.73 Å². The van der Waals surface area contributed by atoms with E-state index in [0.717, 1.165) is 35.4 Å². The molecule has 0 radical (unpaired) electrons. The monoisotopic (exact) mass is 268 g/mol. The van der Waals surface area contributed by atoms with Crippen molar-refractivity contribution in [2.75, 3.05) is 17.6 Å². The van der Waals surface area contributed by atoms with E-state index in [1.807, 2.05) is 48.3 Å². The van der Waals surface area contributed by atoms with Crippen molar-refractivity contribution in [1.29, 1.82) is 0 Å². The molecule has 0 atom stereocenters. The van der Waals surface area contributed by atoms with Crippen LogP contribution in [-0.4, -0.2) is 26.3 Å². The number of nitrogens with zero attached hydrogens (tertiary/aromatic N) is 4. The third-order valence-corrected chi connectivity index (χ3v) is 3.02. The highest BCUT2D eigenvalue weighted by Gasteiger charge is 2.05. The van der Waals surface area contributed by atoms with Crippen LogP contribution in [0.3, 0.4) is 0 Å². The summed E-state index contributed by atoms with van der Waals surface area (Å²) in [6, 6.07) is 7.81. The lowest BCUT2D eigenvalue weighted by Crippen LogP contribution is -2.12. The summed E-state index contributed by atoms with van der Waals surface area (Å²) in [6.07, 6.45) is 3.85. The molecule has 0 aliphatic rings. The Morgan fingerprint density at radius 2 is 2.10 bits per heavy atom. The van der Waals surface area contributed by atoms with Gasteiger partial charge in [-0.05, 0) is 24.6 Å². The van der Waals surface area contributed by atoms with Gasteiger partial charge in [-0.25, -0.2) is 4.98 Å². The molecular formula is C14H16N6. The first kappa shape index (κ1) is 12.4. The average Bonchev–Trinajstić information content (AvgIpc) is 2.84. The van der Waals surface area contributed by atoms with Gasteiger partial charge >= 0.3 is 0 Å². The van der Waals surface area contributed by atoms with E-state index in [1.54, 1.807) is 0 Å². The number of aryl methyl sites for hydroxylation is 1. The average molecular weight is 268 g/mol. The number of rotatable bonds is 4. The Hall–Kier alpha value is -2.63. The first-order valence-electron chi connectivity index (χ1n) is 6.47. The molecule has 0 fully saturated rings.